The van der Waals surface area contributed by atoms with Crippen LogP contribution in [-0.2, 0) is 6.61 Å². The molecule has 0 aliphatic heterocycles. The van der Waals surface area contributed by atoms with E-state index in [0.717, 1.165) is 16.7 Å². The molecule has 0 saturated carbocycles. The van der Waals surface area contributed by atoms with Crippen LogP contribution in [-0.4, -0.2) is 15.8 Å². The molecule has 0 heterocycles. The molecular formula is C17H20O2. The maximum absolute atomic E-state index is 10.5. The molecule has 0 amide bonds. The van der Waals surface area contributed by atoms with Crippen molar-refractivity contribution < 1.29 is 10.2 Å². The van der Waals surface area contributed by atoms with E-state index in [2.05, 4.69) is 0 Å². The molecule has 1 unspecified atom stereocenters. The van der Waals surface area contributed by atoms with Crippen molar-refractivity contribution in [3.63, 3.8) is 0 Å². The summed E-state index contributed by atoms with van der Waals surface area (Å²) in [7, 11) is 0. The van der Waals surface area contributed by atoms with Crippen LogP contribution < -0.4 is 0 Å². The van der Waals surface area contributed by atoms with Crippen LogP contribution >= 0.6 is 0 Å². The average Bonchev–Trinajstić information content (AvgIpc) is 2.39. The van der Waals surface area contributed by atoms with E-state index in [-0.39, 0.29) is 12.5 Å². The molecule has 0 aliphatic rings. The predicted molar refractivity (Wildman–Crippen MR) is 76.9 cm³/mol. The molecule has 0 bridgehead atoms. The van der Waals surface area contributed by atoms with Gasteiger partial charge in [0.05, 0.1) is 12.2 Å². The molecule has 1 atom stereocenters. The third-order valence-corrected chi connectivity index (χ3v) is 3.38. The van der Waals surface area contributed by atoms with Gasteiger partial charge in [0.1, 0.15) is 0 Å². The topological polar surface area (TPSA) is 40.5 Å². The number of benzene rings is 2. The van der Waals surface area contributed by atoms with Gasteiger partial charge in [-0.25, -0.2) is 0 Å². The van der Waals surface area contributed by atoms with Crippen LogP contribution in [0.3, 0.4) is 0 Å². The van der Waals surface area contributed by atoms with Crippen molar-refractivity contribution in [1.82, 2.24) is 0 Å². The molecule has 100 valence electrons. The third-order valence-electron chi connectivity index (χ3n) is 3.38. The zero-order valence-electron chi connectivity index (χ0n) is 11.4. The summed E-state index contributed by atoms with van der Waals surface area (Å²) < 4.78 is 0. The van der Waals surface area contributed by atoms with Gasteiger partial charge in [-0.3, -0.25) is 0 Å². The van der Waals surface area contributed by atoms with E-state index in [1.807, 2.05) is 54.6 Å². The molecule has 0 saturated heterocycles. The minimum absolute atomic E-state index is 0.0183. The summed E-state index contributed by atoms with van der Waals surface area (Å²) in [5.41, 5.74) is 1.99. The molecule has 0 radical (unpaired) electrons. The maximum Gasteiger partial charge on any atom is 0.0700 e. The smallest absolute Gasteiger partial charge is 0.0700 e. The van der Waals surface area contributed by atoms with E-state index >= 15 is 0 Å². The lowest BCUT2D eigenvalue weighted by Crippen LogP contribution is -2.30. The number of aliphatic hydroxyl groups is 2. The van der Waals surface area contributed by atoms with Crippen molar-refractivity contribution in [3.05, 3.63) is 71.3 Å². The summed E-state index contributed by atoms with van der Waals surface area (Å²) in [6, 6.07) is 17.6. The Morgan fingerprint density at radius 1 is 0.947 bits per heavy atom. The number of aliphatic hydroxyl groups excluding tert-OH is 1. The Morgan fingerprint density at radius 3 is 2.11 bits per heavy atom. The Morgan fingerprint density at radius 2 is 1.53 bits per heavy atom. The van der Waals surface area contributed by atoms with Crippen molar-refractivity contribution in [2.45, 2.75) is 32.0 Å². The van der Waals surface area contributed by atoms with E-state index in [1.165, 1.54) is 0 Å². The van der Waals surface area contributed by atoms with Gasteiger partial charge in [-0.1, -0.05) is 54.6 Å². The SMILES string of the molecule is CC(C)(O)C(c1ccccc1)c1ccccc1CO. The van der Waals surface area contributed by atoms with Crippen LogP contribution in [0, 0.1) is 0 Å². The fourth-order valence-corrected chi connectivity index (χ4v) is 2.57. The Labute approximate surface area is 114 Å². The average molecular weight is 256 g/mol. The van der Waals surface area contributed by atoms with Crippen LogP contribution in [0.25, 0.3) is 0 Å². The maximum atomic E-state index is 10.5. The van der Waals surface area contributed by atoms with E-state index in [1.54, 1.807) is 13.8 Å². The first kappa shape index (κ1) is 13.8. The fourth-order valence-electron chi connectivity index (χ4n) is 2.57. The highest BCUT2D eigenvalue weighted by atomic mass is 16.3. The van der Waals surface area contributed by atoms with Gasteiger partial charge in [-0.2, -0.15) is 0 Å². The highest BCUT2D eigenvalue weighted by Gasteiger charge is 2.31. The molecule has 0 aromatic heterocycles. The predicted octanol–water partition coefficient (Wildman–Crippen LogP) is 3.08. The summed E-state index contributed by atoms with van der Waals surface area (Å²) in [6.07, 6.45) is 0. The zero-order chi connectivity index (χ0) is 13.9. The van der Waals surface area contributed by atoms with E-state index < -0.39 is 5.60 Å². The lowest BCUT2D eigenvalue weighted by Gasteiger charge is -2.31. The van der Waals surface area contributed by atoms with Crippen LogP contribution in [0.1, 0.15) is 36.5 Å². The number of hydrogen-bond acceptors (Lipinski definition) is 2. The molecule has 2 N–H and O–H groups in total. The van der Waals surface area contributed by atoms with Crippen molar-refractivity contribution in [2.75, 3.05) is 0 Å². The van der Waals surface area contributed by atoms with E-state index in [0.29, 0.717) is 0 Å². The van der Waals surface area contributed by atoms with Gasteiger partial charge >= 0.3 is 0 Å². The minimum Gasteiger partial charge on any atom is -0.392 e. The second-order valence-electron chi connectivity index (χ2n) is 5.35. The van der Waals surface area contributed by atoms with Gasteiger partial charge in [0.25, 0.3) is 0 Å². The molecule has 0 fully saturated rings. The number of rotatable bonds is 4. The fraction of sp³-hybridized carbons (Fsp3) is 0.294. The van der Waals surface area contributed by atoms with Gasteiger partial charge in [-0.15, -0.1) is 0 Å². The second kappa shape index (κ2) is 5.55. The highest BCUT2D eigenvalue weighted by molar-refractivity contribution is 5.40. The largest absolute Gasteiger partial charge is 0.392 e. The van der Waals surface area contributed by atoms with Crippen molar-refractivity contribution >= 4 is 0 Å². The van der Waals surface area contributed by atoms with Gasteiger partial charge in [0, 0.05) is 5.92 Å². The second-order valence-corrected chi connectivity index (χ2v) is 5.35. The van der Waals surface area contributed by atoms with Gasteiger partial charge in [-0.05, 0) is 30.5 Å². The van der Waals surface area contributed by atoms with Crippen LogP contribution in [0.2, 0.25) is 0 Å². The zero-order valence-corrected chi connectivity index (χ0v) is 11.4. The first-order valence-electron chi connectivity index (χ1n) is 6.50. The molecule has 0 aliphatic carbocycles. The van der Waals surface area contributed by atoms with E-state index in [9.17, 15) is 10.2 Å². The Balaban J connectivity index is 2.56. The Bertz CT molecular complexity index is 526. The molecule has 0 spiro atoms. The Hall–Kier alpha value is -1.64. The summed E-state index contributed by atoms with van der Waals surface area (Å²) >= 11 is 0. The molecule has 2 rings (SSSR count). The van der Waals surface area contributed by atoms with E-state index in [4.69, 9.17) is 0 Å². The normalized spacial score (nSPS) is 13.3. The molecule has 19 heavy (non-hydrogen) atoms. The number of hydrogen-bond donors (Lipinski definition) is 2. The summed E-state index contributed by atoms with van der Waals surface area (Å²) in [4.78, 5) is 0. The third kappa shape index (κ3) is 3.03. The summed E-state index contributed by atoms with van der Waals surface area (Å²) in [6.45, 7) is 3.59. The van der Waals surface area contributed by atoms with Gasteiger partial charge < -0.3 is 10.2 Å². The van der Waals surface area contributed by atoms with Crippen molar-refractivity contribution in [3.8, 4) is 0 Å². The van der Waals surface area contributed by atoms with Crippen LogP contribution in [0.5, 0.6) is 0 Å². The minimum atomic E-state index is -0.896. The van der Waals surface area contributed by atoms with Crippen LogP contribution in [0.4, 0.5) is 0 Å². The van der Waals surface area contributed by atoms with Gasteiger partial charge in [0.15, 0.2) is 0 Å². The first-order chi connectivity index (χ1) is 9.04. The molecule has 2 aromatic rings. The molecule has 2 nitrogen and oxygen atoms in total. The summed E-state index contributed by atoms with van der Waals surface area (Å²) in [5, 5.41) is 20.0. The standard InChI is InChI=1S/C17H20O2/c1-17(2,19)16(13-8-4-3-5-9-13)15-11-7-6-10-14(15)12-18/h3-11,16,18-19H,12H2,1-2H3. The summed E-state index contributed by atoms with van der Waals surface area (Å²) in [5.74, 6) is -0.156. The molecule has 2 aromatic carbocycles. The molecule has 2 heteroatoms. The Kier molecular flexibility index (Phi) is 4.03. The van der Waals surface area contributed by atoms with Gasteiger partial charge in [0.2, 0.25) is 0 Å². The first-order valence-corrected chi connectivity index (χ1v) is 6.50. The van der Waals surface area contributed by atoms with Crippen molar-refractivity contribution in [1.29, 1.82) is 0 Å². The monoisotopic (exact) mass is 256 g/mol. The lowest BCUT2D eigenvalue weighted by molar-refractivity contribution is 0.0621. The molecular weight excluding hydrogens is 236 g/mol. The van der Waals surface area contributed by atoms with Crippen LogP contribution in [0.15, 0.2) is 54.6 Å². The quantitative estimate of drug-likeness (QED) is 0.882. The lowest BCUT2D eigenvalue weighted by atomic mass is 9.78. The highest BCUT2D eigenvalue weighted by Crippen LogP contribution is 2.36. The van der Waals surface area contributed by atoms with Crippen molar-refractivity contribution in [2.24, 2.45) is 0 Å².